The molecule has 1 aromatic rings. The van der Waals surface area contributed by atoms with Crippen molar-refractivity contribution in [2.75, 3.05) is 37.7 Å². The number of nitrogens with zero attached hydrogens (tertiary/aromatic N) is 4. The molecule has 8 heteroatoms. The number of hydrogen-bond acceptors (Lipinski definition) is 6. The van der Waals surface area contributed by atoms with Gasteiger partial charge in [-0.2, -0.15) is 0 Å². The molecule has 0 unspecified atom stereocenters. The second-order valence-electron chi connectivity index (χ2n) is 4.30. The van der Waals surface area contributed by atoms with Crippen LogP contribution in [0.15, 0.2) is 12.4 Å². The van der Waals surface area contributed by atoms with E-state index in [-0.39, 0.29) is 11.1 Å². The van der Waals surface area contributed by atoms with Gasteiger partial charge in [0.25, 0.3) is 0 Å². The van der Waals surface area contributed by atoms with Crippen molar-refractivity contribution in [3.63, 3.8) is 0 Å². The Bertz CT molecular complexity index is 502. The molecule has 0 radical (unpaired) electrons. The Kier molecular flexibility index (Phi) is 4.67. The smallest absolute Gasteiger partial charge is 0.409 e. The van der Waals surface area contributed by atoms with E-state index in [1.807, 2.05) is 4.90 Å². The molecular weight excluding hydrogens is 278 g/mol. The maximum Gasteiger partial charge on any atom is 0.409 e. The van der Waals surface area contributed by atoms with Crippen LogP contribution in [0.2, 0.25) is 0 Å². The Labute approximate surface area is 122 Å². The molecule has 7 nitrogen and oxygen atoms in total. The number of hydrogen-bond donors (Lipinski definition) is 1. The number of piperazine rings is 1. The highest BCUT2D eigenvalue weighted by Gasteiger charge is 2.22. The number of thiocarbonyl (C=S) groups is 1. The SMILES string of the molecule is CCOC(=O)N1CCN(c2cncc(C(N)=S)n2)CC1. The van der Waals surface area contributed by atoms with Gasteiger partial charge in [-0.15, -0.1) is 0 Å². The van der Waals surface area contributed by atoms with E-state index in [2.05, 4.69) is 9.97 Å². The van der Waals surface area contributed by atoms with Gasteiger partial charge in [-0.25, -0.2) is 9.78 Å². The van der Waals surface area contributed by atoms with Gasteiger partial charge in [-0.3, -0.25) is 4.98 Å². The normalized spacial score (nSPS) is 15.1. The molecule has 1 aliphatic heterocycles. The van der Waals surface area contributed by atoms with Gasteiger partial charge in [0, 0.05) is 26.2 Å². The van der Waals surface area contributed by atoms with Crippen molar-refractivity contribution < 1.29 is 9.53 Å². The maximum atomic E-state index is 11.6. The molecule has 108 valence electrons. The third-order valence-electron chi connectivity index (χ3n) is 3.00. The molecule has 2 rings (SSSR count). The molecule has 2 N–H and O–H groups in total. The third-order valence-corrected chi connectivity index (χ3v) is 3.21. The summed E-state index contributed by atoms with van der Waals surface area (Å²) in [7, 11) is 0. The van der Waals surface area contributed by atoms with Gasteiger partial charge in [0.05, 0.1) is 19.0 Å². The average molecular weight is 295 g/mol. The molecule has 1 fully saturated rings. The van der Waals surface area contributed by atoms with Crippen LogP contribution in [-0.4, -0.2) is 58.7 Å². The lowest BCUT2D eigenvalue weighted by molar-refractivity contribution is 0.105. The summed E-state index contributed by atoms with van der Waals surface area (Å²) < 4.78 is 4.98. The predicted molar refractivity (Wildman–Crippen MR) is 78.7 cm³/mol. The molecule has 1 saturated heterocycles. The van der Waals surface area contributed by atoms with Crippen molar-refractivity contribution in [3.05, 3.63) is 18.1 Å². The Morgan fingerprint density at radius 1 is 1.40 bits per heavy atom. The summed E-state index contributed by atoms with van der Waals surface area (Å²) in [5, 5.41) is 0. The highest BCUT2D eigenvalue weighted by atomic mass is 32.1. The van der Waals surface area contributed by atoms with E-state index in [9.17, 15) is 4.79 Å². The fourth-order valence-electron chi connectivity index (χ4n) is 1.96. The first-order valence-electron chi connectivity index (χ1n) is 6.40. The number of aromatic nitrogens is 2. The first-order chi connectivity index (χ1) is 9.61. The molecule has 0 atom stereocenters. The number of ether oxygens (including phenoxy) is 1. The molecule has 0 spiro atoms. The van der Waals surface area contributed by atoms with Crippen molar-refractivity contribution in [2.24, 2.45) is 5.73 Å². The lowest BCUT2D eigenvalue weighted by Gasteiger charge is -2.34. The van der Waals surface area contributed by atoms with Crippen LogP contribution in [0.5, 0.6) is 0 Å². The molecule has 2 heterocycles. The number of nitrogens with two attached hydrogens (primary N) is 1. The quantitative estimate of drug-likeness (QED) is 0.807. The summed E-state index contributed by atoms with van der Waals surface area (Å²) in [6.45, 7) is 4.73. The summed E-state index contributed by atoms with van der Waals surface area (Å²) >= 11 is 4.89. The second kappa shape index (κ2) is 6.47. The molecule has 1 aliphatic rings. The van der Waals surface area contributed by atoms with E-state index < -0.39 is 0 Å². The molecule has 0 aliphatic carbocycles. The highest BCUT2D eigenvalue weighted by molar-refractivity contribution is 7.80. The van der Waals surface area contributed by atoms with E-state index in [4.69, 9.17) is 22.7 Å². The van der Waals surface area contributed by atoms with Crippen molar-refractivity contribution in [3.8, 4) is 0 Å². The van der Waals surface area contributed by atoms with Gasteiger partial charge in [0.15, 0.2) is 0 Å². The summed E-state index contributed by atoms with van der Waals surface area (Å²) in [4.78, 5) is 24.0. The molecule has 20 heavy (non-hydrogen) atoms. The predicted octanol–water partition coefficient (Wildman–Crippen LogP) is 0.389. The number of anilines is 1. The van der Waals surface area contributed by atoms with Crippen molar-refractivity contribution in [1.82, 2.24) is 14.9 Å². The number of rotatable bonds is 3. The molecular formula is C12H17N5O2S. The molecule has 1 aromatic heterocycles. The minimum atomic E-state index is -0.268. The van der Waals surface area contributed by atoms with Crippen LogP contribution in [0.4, 0.5) is 10.6 Å². The zero-order chi connectivity index (χ0) is 14.5. The van der Waals surface area contributed by atoms with E-state index in [1.165, 1.54) is 0 Å². The standard InChI is InChI=1S/C12H17N5O2S/c1-2-19-12(18)17-5-3-16(4-6-17)10-8-14-7-9(15-10)11(13)20/h7-8H,2-6H2,1H3,(H2,13,20). The van der Waals surface area contributed by atoms with Crippen LogP contribution in [-0.2, 0) is 4.74 Å². The largest absolute Gasteiger partial charge is 0.450 e. The van der Waals surface area contributed by atoms with Crippen molar-refractivity contribution >= 4 is 29.1 Å². The van der Waals surface area contributed by atoms with Crippen molar-refractivity contribution in [2.45, 2.75) is 6.92 Å². The molecule has 1 amide bonds. The first kappa shape index (κ1) is 14.4. The molecule has 0 bridgehead atoms. The summed E-state index contributed by atoms with van der Waals surface area (Å²) in [6.07, 6.45) is 2.94. The Morgan fingerprint density at radius 2 is 2.10 bits per heavy atom. The summed E-state index contributed by atoms with van der Waals surface area (Å²) in [5.74, 6) is 0.721. The lowest BCUT2D eigenvalue weighted by atomic mass is 10.3. The van der Waals surface area contributed by atoms with Crippen LogP contribution in [0.1, 0.15) is 12.6 Å². The van der Waals surface area contributed by atoms with Gasteiger partial charge in [-0.1, -0.05) is 12.2 Å². The highest BCUT2D eigenvalue weighted by Crippen LogP contribution is 2.13. The van der Waals surface area contributed by atoms with Crippen LogP contribution in [0.25, 0.3) is 0 Å². The second-order valence-corrected chi connectivity index (χ2v) is 4.74. The number of carbonyl (C=O) groups excluding carboxylic acids is 1. The van der Waals surface area contributed by atoms with Crippen LogP contribution in [0, 0.1) is 0 Å². The van der Waals surface area contributed by atoms with E-state index in [0.717, 1.165) is 5.82 Å². The number of amides is 1. The monoisotopic (exact) mass is 295 g/mol. The minimum absolute atomic E-state index is 0.226. The van der Waals surface area contributed by atoms with E-state index in [1.54, 1.807) is 24.2 Å². The average Bonchev–Trinajstić information content (AvgIpc) is 2.48. The molecule has 0 saturated carbocycles. The van der Waals surface area contributed by atoms with Gasteiger partial charge in [-0.05, 0) is 6.92 Å². The minimum Gasteiger partial charge on any atom is -0.450 e. The summed E-state index contributed by atoms with van der Waals surface area (Å²) in [6, 6.07) is 0. The van der Waals surface area contributed by atoms with E-state index >= 15 is 0 Å². The fourth-order valence-corrected chi connectivity index (χ4v) is 2.06. The van der Waals surface area contributed by atoms with Crippen LogP contribution < -0.4 is 10.6 Å². The Morgan fingerprint density at radius 3 is 2.70 bits per heavy atom. The Balaban J connectivity index is 1.98. The van der Waals surface area contributed by atoms with Crippen molar-refractivity contribution in [1.29, 1.82) is 0 Å². The van der Waals surface area contributed by atoms with Gasteiger partial charge in [0.2, 0.25) is 0 Å². The topological polar surface area (TPSA) is 84.6 Å². The zero-order valence-electron chi connectivity index (χ0n) is 11.3. The van der Waals surface area contributed by atoms with E-state index in [0.29, 0.717) is 38.5 Å². The lowest BCUT2D eigenvalue weighted by Crippen LogP contribution is -2.49. The zero-order valence-corrected chi connectivity index (χ0v) is 12.1. The molecule has 0 aromatic carbocycles. The Hall–Kier alpha value is -1.96. The summed E-state index contributed by atoms with van der Waals surface area (Å²) in [5.41, 5.74) is 6.05. The van der Waals surface area contributed by atoms with Crippen LogP contribution >= 0.6 is 12.2 Å². The van der Waals surface area contributed by atoms with Crippen LogP contribution in [0.3, 0.4) is 0 Å². The van der Waals surface area contributed by atoms with Gasteiger partial charge < -0.3 is 20.3 Å². The third kappa shape index (κ3) is 3.32. The van der Waals surface area contributed by atoms with Gasteiger partial charge in [0.1, 0.15) is 16.5 Å². The fraction of sp³-hybridized carbons (Fsp3) is 0.500. The number of carbonyl (C=O) groups is 1. The maximum absolute atomic E-state index is 11.6. The first-order valence-corrected chi connectivity index (χ1v) is 6.81. The van der Waals surface area contributed by atoms with Gasteiger partial charge >= 0.3 is 6.09 Å².